The Hall–Kier alpha value is -1.93. The smallest absolute Gasteiger partial charge is 0.234 e. The maximum atomic E-state index is 11.9. The highest BCUT2D eigenvalue weighted by atomic mass is 32.2. The second kappa shape index (κ2) is 8.64. The molecule has 1 aromatic carbocycles. The highest BCUT2D eigenvalue weighted by Gasteiger charge is 2.10. The average molecular weight is 350 g/mol. The summed E-state index contributed by atoms with van der Waals surface area (Å²) in [4.78, 5) is 23.2. The minimum atomic E-state index is -0.106. The lowest BCUT2D eigenvalue weighted by molar-refractivity contribution is -0.116. The first-order valence-corrected chi connectivity index (χ1v) is 9.05. The third-order valence-corrected chi connectivity index (χ3v) is 4.92. The van der Waals surface area contributed by atoms with Gasteiger partial charge in [-0.3, -0.25) is 9.59 Å². The SMILES string of the molecule is CCC(=O)Nc1nnc(SCC(=O)Nc2ccc(CC)cc2)s1. The molecule has 6 nitrogen and oxygen atoms in total. The molecule has 0 fully saturated rings. The summed E-state index contributed by atoms with van der Waals surface area (Å²) in [5, 5.41) is 13.7. The van der Waals surface area contributed by atoms with Crippen molar-refractivity contribution < 1.29 is 9.59 Å². The first-order chi connectivity index (χ1) is 11.1. The first-order valence-electron chi connectivity index (χ1n) is 7.25. The van der Waals surface area contributed by atoms with Crippen LogP contribution in [0.4, 0.5) is 10.8 Å². The lowest BCUT2D eigenvalue weighted by Gasteiger charge is -2.05. The molecule has 0 aliphatic heterocycles. The molecule has 122 valence electrons. The molecule has 0 saturated heterocycles. The summed E-state index contributed by atoms with van der Waals surface area (Å²) in [6.07, 6.45) is 1.36. The van der Waals surface area contributed by atoms with Crippen LogP contribution in [0.5, 0.6) is 0 Å². The molecule has 0 spiro atoms. The molecule has 0 aliphatic rings. The van der Waals surface area contributed by atoms with Gasteiger partial charge in [-0.2, -0.15) is 0 Å². The first kappa shape index (κ1) is 17.4. The van der Waals surface area contributed by atoms with Gasteiger partial charge >= 0.3 is 0 Å². The van der Waals surface area contributed by atoms with E-state index >= 15 is 0 Å². The molecule has 1 aromatic heterocycles. The standard InChI is InChI=1S/C15H18N4O2S2/c1-3-10-5-7-11(8-6-10)16-13(21)9-22-15-19-18-14(23-15)17-12(20)4-2/h5-8H,3-4,9H2,1-2H3,(H,16,21)(H,17,18,20). The van der Waals surface area contributed by atoms with E-state index in [-0.39, 0.29) is 17.6 Å². The number of thioether (sulfide) groups is 1. The fourth-order valence-electron chi connectivity index (χ4n) is 1.67. The number of anilines is 2. The van der Waals surface area contributed by atoms with Crippen LogP contribution in [0.1, 0.15) is 25.8 Å². The topological polar surface area (TPSA) is 84.0 Å². The van der Waals surface area contributed by atoms with Crippen LogP contribution < -0.4 is 10.6 Å². The normalized spacial score (nSPS) is 10.3. The molecule has 2 aromatic rings. The van der Waals surface area contributed by atoms with Gasteiger partial charge in [-0.05, 0) is 24.1 Å². The van der Waals surface area contributed by atoms with Gasteiger partial charge in [0, 0.05) is 12.1 Å². The summed E-state index contributed by atoms with van der Waals surface area (Å²) >= 11 is 2.55. The molecule has 0 aliphatic carbocycles. The fourth-order valence-corrected chi connectivity index (χ4v) is 3.24. The fraction of sp³-hybridized carbons (Fsp3) is 0.333. The second-order valence-corrected chi connectivity index (χ2v) is 6.86. The van der Waals surface area contributed by atoms with Gasteiger partial charge in [0.1, 0.15) is 0 Å². The number of carbonyl (C=O) groups is 2. The number of aromatic nitrogens is 2. The molecule has 2 N–H and O–H groups in total. The third-order valence-electron chi connectivity index (χ3n) is 2.95. The van der Waals surface area contributed by atoms with Gasteiger partial charge in [0.2, 0.25) is 16.9 Å². The van der Waals surface area contributed by atoms with Crippen molar-refractivity contribution in [3.63, 3.8) is 0 Å². The van der Waals surface area contributed by atoms with Crippen molar-refractivity contribution in [2.45, 2.75) is 31.0 Å². The third kappa shape index (κ3) is 5.65. The molecule has 23 heavy (non-hydrogen) atoms. The molecule has 0 unspecified atom stereocenters. The van der Waals surface area contributed by atoms with Gasteiger partial charge in [0.15, 0.2) is 4.34 Å². The number of nitrogens with zero attached hydrogens (tertiary/aromatic N) is 2. The summed E-state index contributed by atoms with van der Waals surface area (Å²) in [5.74, 6) is 0.0332. The number of hydrogen-bond acceptors (Lipinski definition) is 6. The predicted molar refractivity (Wildman–Crippen MR) is 94.0 cm³/mol. The molecule has 2 amide bonds. The molecule has 0 bridgehead atoms. The van der Waals surface area contributed by atoms with Crippen molar-refractivity contribution in [1.29, 1.82) is 0 Å². The largest absolute Gasteiger partial charge is 0.325 e. The van der Waals surface area contributed by atoms with Crippen LogP contribution in [0.15, 0.2) is 28.6 Å². The lowest BCUT2D eigenvalue weighted by atomic mass is 10.1. The van der Waals surface area contributed by atoms with Crippen molar-refractivity contribution in [1.82, 2.24) is 10.2 Å². The van der Waals surface area contributed by atoms with E-state index in [9.17, 15) is 9.59 Å². The van der Waals surface area contributed by atoms with Crippen LogP contribution in [-0.2, 0) is 16.0 Å². The van der Waals surface area contributed by atoms with E-state index in [4.69, 9.17) is 0 Å². The number of nitrogens with one attached hydrogen (secondary N) is 2. The zero-order valence-corrected chi connectivity index (χ0v) is 14.6. The minimum Gasteiger partial charge on any atom is -0.325 e. The van der Waals surface area contributed by atoms with Crippen LogP contribution in [0.2, 0.25) is 0 Å². The number of rotatable bonds is 7. The summed E-state index contributed by atoms with van der Waals surface area (Å²) < 4.78 is 0.646. The Balaban J connectivity index is 1.80. The van der Waals surface area contributed by atoms with E-state index in [1.165, 1.54) is 28.7 Å². The zero-order valence-electron chi connectivity index (χ0n) is 13.0. The molecule has 0 atom stereocenters. The highest BCUT2D eigenvalue weighted by molar-refractivity contribution is 8.01. The Morgan fingerprint density at radius 1 is 1.09 bits per heavy atom. The van der Waals surface area contributed by atoms with Crippen LogP contribution in [0.25, 0.3) is 0 Å². The number of amides is 2. The van der Waals surface area contributed by atoms with Gasteiger partial charge in [-0.1, -0.05) is 49.1 Å². The number of benzene rings is 1. The van der Waals surface area contributed by atoms with E-state index in [0.29, 0.717) is 15.9 Å². The molecule has 0 saturated carbocycles. The Labute approximate surface area is 143 Å². The summed E-state index contributed by atoms with van der Waals surface area (Å²) in [6.45, 7) is 3.85. The molecular formula is C15H18N4O2S2. The van der Waals surface area contributed by atoms with Gasteiger partial charge < -0.3 is 10.6 Å². The van der Waals surface area contributed by atoms with E-state index in [1.54, 1.807) is 6.92 Å². The Morgan fingerprint density at radius 2 is 1.83 bits per heavy atom. The maximum Gasteiger partial charge on any atom is 0.234 e. The van der Waals surface area contributed by atoms with Crippen LogP contribution in [0.3, 0.4) is 0 Å². The van der Waals surface area contributed by atoms with E-state index < -0.39 is 0 Å². The molecule has 1 heterocycles. The molecule has 8 heteroatoms. The van der Waals surface area contributed by atoms with E-state index in [2.05, 4.69) is 27.8 Å². The lowest BCUT2D eigenvalue weighted by Crippen LogP contribution is -2.13. The van der Waals surface area contributed by atoms with Gasteiger partial charge in [-0.15, -0.1) is 10.2 Å². The highest BCUT2D eigenvalue weighted by Crippen LogP contribution is 2.25. The summed E-state index contributed by atoms with van der Waals surface area (Å²) in [5.41, 5.74) is 2.01. The van der Waals surface area contributed by atoms with Crippen molar-refractivity contribution in [2.75, 3.05) is 16.4 Å². The predicted octanol–water partition coefficient (Wildman–Crippen LogP) is 3.18. The molecule has 2 rings (SSSR count). The van der Waals surface area contributed by atoms with Crippen molar-refractivity contribution in [3.8, 4) is 0 Å². The van der Waals surface area contributed by atoms with Gasteiger partial charge in [0.25, 0.3) is 0 Å². The quantitative estimate of drug-likeness (QED) is 0.592. The van der Waals surface area contributed by atoms with Crippen molar-refractivity contribution in [3.05, 3.63) is 29.8 Å². The minimum absolute atomic E-state index is 0.103. The number of carbonyl (C=O) groups excluding carboxylic acids is 2. The Bertz CT molecular complexity index is 670. The van der Waals surface area contributed by atoms with Crippen molar-refractivity contribution in [2.24, 2.45) is 0 Å². The van der Waals surface area contributed by atoms with Gasteiger partial charge in [-0.25, -0.2) is 0 Å². The summed E-state index contributed by atoms with van der Waals surface area (Å²) in [7, 11) is 0. The number of aryl methyl sites for hydroxylation is 1. The summed E-state index contributed by atoms with van der Waals surface area (Å²) in [6, 6.07) is 7.78. The second-order valence-electron chi connectivity index (χ2n) is 4.66. The van der Waals surface area contributed by atoms with Crippen molar-refractivity contribution >= 4 is 45.7 Å². The zero-order chi connectivity index (χ0) is 16.7. The van der Waals surface area contributed by atoms with Crippen LogP contribution in [-0.4, -0.2) is 27.8 Å². The maximum absolute atomic E-state index is 11.9. The van der Waals surface area contributed by atoms with Gasteiger partial charge in [0.05, 0.1) is 5.75 Å². The molecule has 0 radical (unpaired) electrons. The van der Waals surface area contributed by atoms with E-state index in [0.717, 1.165) is 12.1 Å². The Kier molecular flexibility index (Phi) is 6.54. The van der Waals surface area contributed by atoms with Crippen LogP contribution in [0, 0.1) is 0 Å². The average Bonchev–Trinajstić information content (AvgIpc) is 3.01. The Morgan fingerprint density at radius 3 is 2.48 bits per heavy atom. The van der Waals surface area contributed by atoms with Crippen LogP contribution >= 0.6 is 23.1 Å². The number of hydrogen-bond donors (Lipinski definition) is 2. The van der Waals surface area contributed by atoms with E-state index in [1.807, 2.05) is 24.3 Å². The monoisotopic (exact) mass is 350 g/mol. The molecular weight excluding hydrogens is 332 g/mol.